The molecule has 0 saturated carbocycles. The third-order valence-electron chi connectivity index (χ3n) is 6.57. The molecular formula is C26H32N4O3. The van der Waals surface area contributed by atoms with Crippen molar-refractivity contribution < 1.29 is 9.47 Å². The van der Waals surface area contributed by atoms with Crippen molar-refractivity contribution in [2.45, 2.75) is 40.8 Å². The molecule has 1 aromatic heterocycles. The van der Waals surface area contributed by atoms with Gasteiger partial charge in [0.2, 0.25) is 5.95 Å². The maximum absolute atomic E-state index is 13.2. The van der Waals surface area contributed by atoms with Crippen molar-refractivity contribution in [1.29, 1.82) is 0 Å². The van der Waals surface area contributed by atoms with Gasteiger partial charge in [0, 0.05) is 23.5 Å². The van der Waals surface area contributed by atoms with Crippen LogP contribution >= 0.6 is 0 Å². The Balaban J connectivity index is 1.67. The lowest BCUT2D eigenvalue weighted by Crippen LogP contribution is -2.48. The van der Waals surface area contributed by atoms with Crippen LogP contribution in [0.15, 0.2) is 41.2 Å². The number of nitrogens with zero attached hydrogens (tertiary/aromatic N) is 4. The van der Waals surface area contributed by atoms with Crippen LogP contribution in [0.3, 0.4) is 0 Å². The second-order valence-electron chi connectivity index (χ2n) is 8.62. The molecule has 0 atom stereocenters. The molecule has 1 aliphatic rings. The van der Waals surface area contributed by atoms with Crippen molar-refractivity contribution in [2.24, 2.45) is 0 Å². The summed E-state index contributed by atoms with van der Waals surface area (Å²) in [4.78, 5) is 22.4. The molecule has 33 heavy (non-hydrogen) atoms. The quantitative estimate of drug-likeness (QED) is 0.566. The van der Waals surface area contributed by atoms with Gasteiger partial charge < -0.3 is 9.47 Å². The van der Waals surface area contributed by atoms with Gasteiger partial charge in [-0.25, -0.2) is 4.98 Å². The number of hydrogen-bond acceptors (Lipinski definition) is 6. The van der Waals surface area contributed by atoms with Gasteiger partial charge in [-0.3, -0.25) is 19.2 Å². The third kappa shape index (κ3) is 4.33. The molecule has 7 heteroatoms. The van der Waals surface area contributed by atoms with Crippen molar-refractivity contribution in [3.63, 3.8) is 0 Å². The standard InChI is InChI=1S/C26H32N4O3/c1-17-8-7-9-22(18(17)2)29-15-28(16-30-25(31)19(3)20(4)27-26(29)30)13-12-21-10-11-23(32-5)24(14-21)33-6/h7-11,14H,12-13,15-16H2,1-6H3. The largest absolute Gasteiger partial charge is 0.493 e. The van der Waals surface area contributed by atoms with Crippen LogP contribution in [0.1, 0.15) is 27.9 Å². The molecule has 7 nitrogen and oxygen atoms in total. The van der Waals surface area contributed by atoms with E-state index in [0.717, 1.165) is 41.4 Å². The summed E-state index contributed by atoms with van der Waals surface area (Å²) in [5, 5.41) is 0. The van der Waals surface area contributed by atoms with Gasteiger partial charge in [0.15, 0.2) is 11.5 Å². The summed E-state index contributed by atoms with van der Waals surface area (Å²) in [6, 6.07) is 12.3. The number of anilines is 2. The minimum Gasteiger partial charge on any atom is -0.493 e. The van der Waals surface area contributed by atoms with Gasteiger partial charge in [0.25, 0.3) is 5.56 Å². The Labute approximate surface area is 195 Å². The molecule has 174 valence electrons. The number of hydrogen-bond donors (Lipinski definition) is 0. The lowest BCUT2D eigenvalue weighted by Gasteiger charge is -2.39. The van der Waals surface area contributed by atoms with Crippen LogP contribution in [-0.2, 0) is 13.1 Å². The number of rotatable bonds is 6. The van der Waals surface area contributed by atoms with E-state index in [-0.39, 0.29) is 5.56 Å². The van der Waals surface area contributed by atoms with Gasteiger partial charge in [-0.1, -0.05) is 18.2 Å². The first kappa shape index (κ1) is 22.9. The lowest BCUT2D eigenvalue weighted by molar-refractivity contribution is 0.200. The van der Waals surface area contributed by atoms with Crippen molar-refractivity contribution in [2.75, 3.05) is 32.3 Å². The van der Waals surface area contributed by atoms with Crippen molar-refractivity contribution >= 4 is 11.6 Å². The Morgan fingerprint density at radius 1 is 0.939 bits per heavy atom. The molecule has 1 aliphatic heterocycles. The zero-order chi connectivity index (χ0) is 23.7. The molecule has 0 radical (unpaired) electrons. The van der Waals surface area contributed by atoms with Gasteiger partial charge >= 0.3 is 0 Å². The number of ether oxygens (including phenoxy) is 2. The Bertz CT molecular complexity index is 1230. The van der Waals surface area contributed by atoms with Gasteiger partial charge in [0.1, 0.15) is 0 Å². The lowest BCUT2D eigenvalue weighted by atomic mass is 10.1. The number of fused-ring (bicyclic) bond motifs is 1. The number of benzene rings is 2. The highest BCUT2D eigenvalue weighted by atomic mass is 16.5. The van der Waals surface area contributed by atoms with Gasteiger partial charge in [0.05, 0.1) is 27.6 Å². The summed E-state index contributed by atoms with van der Waals surface area (Å²) < 4.78 is 12.6. The Morgan fingerprint density at radius 2 is 1.70 bits per heavy atom. The van der Waals surface area contributed by atoms with Crippen LogP contribution in [0.4, 0.5) is 11.6 Å². The summed E-state index contributed by atoms with van der Waals surface area (Å²) in [5.41, 5.74) is 6.13. The predicted octanol–water partition coefficient (Wildman–Crippen LogP) is 4.11. The van der Waals surface area contributed by atoms with Crippen LogP contribution in [0.2, 0.25) is 0 Å². The van der Waals surface area contributed by atoms with E-state index in [1.54, 1.807) is 18.8 Å². The maximum atomic E-state index is 13.2. The van der Waals surface area contributed by atoms with Crippen LogP contribution in [0.25, 0.3) is 0 Å². The molecule has 0 spiro atoms. The molecule has 0 amide bonds. The first-order valence-corrected chi connectivity index (χ1v) is 11.2. The molecule has 0 bridgehead atoms. The molecule has 0 unspecified atom stereocenters. The molecule has 0 saturated heterocycles. The average Bonchev–Trinajstić information content (AvgIpc) is 2.82. The second-order valence-corrected chi connectivity index (χ2v) is 8.62. The normalized spacial score (nSPS) is 13.7. The van der Waals surface area contributed by atoms with E-state index in [4.69, 9.17) is 14.5 Å². The van der Waals surface area contributed by atoms with Crippen molar-refractivity contribution in [1.82, 2.24) is 14.5 Å². The minimum atomic E-state index is 0.0172. The smallest absolute Gasteiger partial charge is 0.259 e. The van der Waals surface area contributed by atoms with E-state index in [2.05, 4.69) is 47.9 Å². The molecule has 0 N–H and O–H groups in total. The Kier molecular flexibility index (Phi) is 6.42. The highest BCUT2D eigenvalue weighted by Gasteiger charge is 2.28. The zero-order valence-corrected chi connectivity index (χ0v) is 20.3. The molecule has 3 aromatic rings. The SMILES string of the molecule is COc1ccc(CCN2CN(c3cccc(C)c3C)c3nc(C)c(C)c(=O)n3C2)cc1OC. The molecule has 4 rings (SSSR count). The number of aromatic nitrogens is 2. The van der Waals surface area contributed by atoms with Crippen LogP contribution < -0.4 is 19.9 Å². The molecule has 2 heterocycles. The fraction of sp³-hybridized carbons (Fsp3) is 0.385. The topological polar surface area (TPSA) is 59.8 Å². The fourth-order valence-corrected chi connectivity index (χ4v) is 4.26. The van der Waals surface area contributed by atoms with E-state index in [0.29, 0.717) is 24.8 Å². The fourth-order valence-electron chi connectivity index (χ4n) is 4.26. The van der Waals surface area contributed by atoms with Gasteiger partial charge in [-0.05, 0) is 69.0 Å². The summed E-state index contributed by atoms with van der Waals surface area (Å²) in [5.74, 6) is 2.15. The first-order valence-electron chi connectivity index (χ1n) is 11.2. The molecule has 0 aliphatic carbocycles. The van der Waals surface area contributed by atoms with E-state index in [1.807, 2.05) is 26.0 Å². The zero-order valence-electron chi connectivity index (χ0n) is 20.3. The van der Waals surface area contributed by atoms with E-state index in [1.165, 1.54) is 11.1 Å². The monoisotopic (exact) mass is 448 g/mol. The van der Waals surface area contributed by atoms with Gasteiger partial charge in [-0.2, -0.15) is 0 Å². The molecule has 2 aromatic carbocycles. The van der Waals surface area contributed by atoms with Crippen molar-refractivity contribution in [3.05, 3.63) is 74.7 Å². The van der Waals surface area contributed by atoms with Crippen LogP contribution in [0, 0.1) is 27.7 Å². The predicted molar refractivity (Wildman–Crippen MR) is 131 cm³/mol. The number of methoxy groups -OCH3 is 2. The summed E-state index contributed by atoms with van der Waals surface area (Å²) in [6.07, 6.45) is 0.823. The van der Waals surface area contributed by atoms with Crippen LogP contribution in [-0.4, -0.2) is 41.9 Å². The Morgan fingerprint density at radius 3 is 2.42 bits per heavy atom. The maximum Gasteiger partial charge on any atom is 0.259 e. The average molecular weight is 449 g/mol. The summed E-state index contributed by atoms with van der Waals surface area (Å²) in [7, 11) is 3.29. The minimum absolute atomic E-state index is 0.0172. The Hall–Kier alpha value is -3.32. The number of aryl methyl sites for hydroxylation is 2. The van der Waals surface area contributed by atoms with Crippen LogP contribution in [0.5, 0.6) is 11.5 Å². The summed E-state index contributed by atoms with van der Waals surface area (Å²) in [6.45, 7) is 9.94. The molecular weight excluding hydrogens is 416 g/mol. The summed E-state index contributed by atoms with van der Waals surface area (Å²) >= 11 is 0. The van der Waals surface area contributed by atoms with E-state index < -0.39 is 0 Å². The second kappa shape index (κ2) is 9.27. The first-order chi connectivity index (χ1) is 15.8. The van der Waals surface area contributed by atoms with E-state index in [9.17, 15) is 4.79 Å². The highest BCUT2D eigenvalue weighted by molar-refractivity contribution is 5.64. The van der Waals surface area contributed by atoms with Gasteiger partial charge in [-0.15, -0.1) is 0 Å². The van der Waals surface area contributed by atoms with Crippen molar-refractivity contribution in [3.8, 4) is 11.5 Å². The third-order valence-corrected chi connectivity index (χ3v) is 6.57. The molecule has 0 fully saturated rings. The highest BCUT2D eigenvalue weighted by Crippen LogP contribution is 2.32. The van der Waals surface area contributed by atoms with E-state index >= 15 is 0 Å².